The average molecular weight is 350 g/mol. The summed E-state index contributed by atoms with van der Waals surface area (Å²) in [5.41, 5.74) is 0. The van der Waals surface area contributed by atoms with Crippen molar-refractivity contribution in [2.75, 3.05) is 33.3 Å². The predicted molar refractivity (Wildman–Crippen MR) is 77.2 cm³/mol. The number of halogens is 3. The van der Waals surface area contributed by atoms with Crippen molar-refractivity contribution in [1.29, 1.82) is 0 Å². The van der Waals surface area contributed by atoms with E-state index in [0.29, 0.717) is 19.7 Å². The van der Waals surface area contributed by atoms with Gasteiger partial charge in [-0.25, -0.2) is 9.78 Å². The molecule has 2 saturated heterocycles. The van der Waals surface area contributed by atoms with Crippen LogP contribution in [0.5, 0.6) is 0 Å². The van der Waals surface area contributed by atoms with Gasteiger partial charge in [-0.15, -0.1) is 11.3 Å². The minimum Gasteiger partial charge on any atom is -0.373 e. The molecule has 1 aromatic rings. The van der Waals surface area contributed by atoms with Crippen LogP contribution in [-0.4, -0.2) is 72.4 Å². The Morgan fingerprint density at radius 3 is 2.91 bits per heavy atom. The van der Waals surface area contributed by atoms with Gasteiger partial charge in [-0.05, 0) is 7.05 Å². The Morgan fingerprint density at radius 2 is 2.30 bits per heavy atom. The molecule has 3 atom stereocenters. The first-order chi connectivity index (χ1) is 10.9. The monoisotopic (exact) mass is 350 g/mol. The molecule has 1 aromatic heterocycles. The SMILES string of the molecule is CN1CCO[C@@H]2CN(C(=O)NC(c3nccs3)C(F)(F)F)C[C@@H]21. The van der Waals surface area contributed by atoms with Crippen molar-refractivity contribution in [3.63, 3.8) is 0 Å². The highest BCUT2D eigenvalue weighted by Gasteiger charge is 2.46. The molecule has 23 heavy (non-hydrogen) atoms. The Labute approximate surface area is 135 Å². The number of hydrogen-bond acceptors (Lipinski definition) is 5. The Hall–Kier alpha value is -1.39. The molecule has 2 aliphatic heterocycles. The van der Waals surface area contributed by atoms with Crippen LogP contribution in [0.25, 0.3) is 0 Å². The Bertz CT molecular complexity index is 554. The van der Waals surface area contributed by atoms with E-state index in [4.69, 9.17) is 4.74 Å². The normalized spacial score (nSPS) is 26.9. The van der Waals surface area contributed by atoms with Gasteiger partial charge in [-0.2, -0.15) is 13.2 Å². The van der Waals surface area contributed by atoms with E-state index in [2.05, 4.69) is 15.2 Å². The third-order valence-electron chi connectivity index (χ3n) is 4.16. The van der Waals surface area contributed by atoms with E-state index in [9.17, 15) is 18.0 Å². The van der Waals surface area contributed by atoms with Crippen LogP contribution in [0.2, 0.25) is 0 Å². The van der Waals surface area contributed by atoms with Crippen molar-refractivity contribution in [1.82, 2.24) is 20.1 Å². The van der Waals surface area contributed by atoms with Gasteiger partial charge < -0.3 is 15.0 Å². The summed E-state index contributed by atoms with van der Waals surface area (Å²) < 4.78 is 45.2. The third-order valence-corrected chi connectivity index (χ3v) is 5.00. The first kappa shape index (κ1) is 16.5. The minimum atomic E-state index is -4.59. The number of carbonyl (C=O) groups excluding carboxylic acids is 1. The highest BCUT2D eigenvalue weighted by atomic mass is 32.1. The topological polar surface area (TPSA) is 57.7 Å². The molecular formula is C13H17F3N4O2S. The molecule has 0 aromatic carbocycles. The van der Waals surface area contributed by atoms with Crippen LogP contribution in [0.3, 0.4) is 0 Å². The average Bonchev–Trinajstić information content (AvgIpc) is 3.13. The van der Waals surface area contributed by atoms with E-state index in [-0.39, 0.29) is 17.2 Å². The van der Waals surface area contributed by atoms with E-state index in [1.165, 1.54) is 16.5 Å². The second-order valence-corrected chi connectivity index (χ2v) is 6.58. The molecule has 3 rings (SSSR count). The van der Waals surface area contributed by atoms with Crippen molar-refractivity contribution in [3.05, 3.63) is 16.6 Å². The number of likely N-dealkylation sites (tertiary alicyclic amines) is 1. The quantitative estimate of drug-likeness (QED) is 0.878. The molecule has 2 amide bonds. The maximum atomic E-state index is 13.2. The molecule has 3 heterocycles. The minimum absolute atomic E-state index is 0.0266. The smallest absolute Gasteiger partial charge is 0.373 e. The molecule has 6 nitrogen and oxygen atoms in total. The first-order valence-corrected chi connectivity index (χ1v) is 8.07. The van der Waals surface area contributed by atoms with Crippen LogP contribution < -0.4 is 5.32 Å². The molecule has 1 unspecified atom stereocenters. The zero-order valence-electron chi connectivity index (χ0n) is 12.4. The number of rotatable bonds is 2. The fourth-order valence-electron chi connectivity index (χ4n) is 2.90. The lowest BCUT2D eigenvalue weighted by molar-refractivity contribution is -0.155. The van der Waals surface area contributed by atoms with E-state index >= 15 is 0 Å². The lowest BCUT2D eigenvalue weighted by Gasteiger charge is -2.33. The van der Waals surface area contributed by atoms with Crippen LogP contribution in [0.1, 0.15) is 11.0 Å². The van der Waals surface area contributed by atoms with E-state index in [0.717, 1.165) is 17.9 Å². The van der Waals surface area contributed by atoms with E-state index in [1.807, 2.05) is 7.05 Å². The number of morpholine rings is 1. The highest BCUT2D eigenvalue weighted by Crippen LogP contribution is 2.34. The fraction of sp³-hybridized carbons (Fsp3) is 0.692. The molecule has 0 aliphatic carbocycles. The maximum Gasteiger partial charge on any atom is 0.415 e. The molecule has 10 heteroatoms. The largest absolute Gasteiger partial charge is 0.415 e. The van der Waals surface area contributed by atoms with E-state index < -0.39 is 18.2 Å². The van der Waals surface area contributed by atoms with Gasteiger partial charge in [0.1, 0.15) is 5.01 Å². The van der Waals surface area contributed by atoms with Gasteiger partial charge >= 0.3 is 12.2 Å². The fourth-order valence-corrected chi connectivity index (χ4v) is 3.61. The zero-order valence-corrected chi connectivity index (χ0v) is 13.2. The van der Waals surface area contributed by atoms with Crippen LogP contribution in [0, 0.1) is 0 Å². The maximum absolute atomic E-state index is 13.2. The Balaban J connectivity index is 1.68. The van der Waals surface area contributed by atoms with Gasteiger partial charge in [0.25, 0.3) is 0 Å². The summed E-state index contributed by atoms with van der Waals surface area (Å²) in [6.07, 6.45) is -3.45. The predicted octanol–water partition coefficient (Wildman–Crippen LogP) is 1.47. The molecule has 1 N–H and O–H groups in total. The van der Waals surface area contributed by atoms with Crippen molar-refractivity contribution < 1.29 is 22.7 Å². The lowest BCUT2D eigenvalue weighted by atomic mass is 10.1. The van der Waals surface area contributed by atoms with Crippen molar-refractivity contribution in [3.8, 4) is 0 Å². The van der Waals surface area contributed by atoms with Gasteiger partial charge in [0.15, 0.2) is 6.04 Å². The summed E-state index contributed by atoms with van der Waals surface area (Å²) in [7, 11) is 1.93. The summed E-state index contributed by atoms with van der Waals surface area (Å²) in [5.74, 6) is 0. The second kappa shape index (κ2) is 6.25. The molecule has 0 radical (unpaired) electrons. The second-order valence-electron chi connectivity index (χ2n) is 5.66. The number of urea groups is 1. The van der Waals surface area contributed by atoms with Crippen LogP contribution in [0.4, 0.5) is 18.0 Å². The number of fused-ring (bicyclic) bond motifs is 1. The number of hydrogen-bond donors (Lipinski definition) is 1. The third kappa shape index (κ3) is 3.43. The van der Waals surface area contributed by atoms with Crippen LogP contribution >= 0.6 is 11.3 Å². The van der Waals surface area contributed by atoms with Crippen molar-refractivity contribution in [2.45, 2.75) is 24.4 Å². The van der Waals surface area contributed by atoms with E-state index in [1.54, 1.807) is 0 Å². The highest BCUT2D eigenvalue weighted by molar-refractivity contribution is 7.09. The van der Waals surface area contributed by atoms with Crippen LogP contribution in [-0.2, 0) is 4.74 Å². The number of aromatic nitrogens is 1. The van der Waals surface area contributed by atoms with Crippen LogP contribution in [0.15, 0.2) is 11.6 Å². The van der Waals surface area contributed by atoms with Gasteiger partial charge in [0, 0.05) is 24.7 Å². The molecule has 0 bridgehead atoms. The summed E-state index contributed by atoms with van der Waals surface area (Å²) in [6.45, 7) is 1.97. The molecule has 0 spiro atoms. The first-order valence-electron chi connectivity index (χ1n) is 7.19. The number of ether oxygens (including phenoxy) is 1. The molecule has 0 saturated carbocycles. The zero-order chi connectivity index (χ0) is 16.6. The number of nitrogens with one attached hydrogen (secondary N) is 1. The van der Waals surface area contributed by atoms with Gasteiger partial charge in [0.2, 0.25) is 0 Å². The number of carbonyl (C=O) groups is 1. The number of amides is 2. The Kier molecular flexibility index (Phi) is 4.47. The number of alkyl halides is 3. The number of thiazole rings is 1. The Morgan fingerprint density at radius 1 is 1.52 bits per heavy atom. The summed E-state index contributed by atoms with van der Waals surface area (Å²) >= 11 is 0.866. The van der Waals surface area contributed by atoms with Gasteiger partial charge in [-0.1, -0.05) is 0 Å². The number of nitrogens with zero attached hydrogens (tertiary/aromatic N) is 3. The van der Waals surface area contributed by atoms with Crippen molar-refractivity contribution >= 4 is 17.4 Å². The van der Waals surface area contributed by atoms with Gasteiger partial charge in [0.05, 0.1) is 25.3 Å². The summed E-state index contributed by atoms with van der Waals surface area (Å²) in [6, 6.07) is -2.80. The molecule has 128 valence electrons. The number of likely N-dealkylation sites (N-methyl/N-ethyl adjacent to an activating group) is 1. The van der Waals surface area contributed by atoms with Gasteiger partial charge in [-0.3, -0.25) is 4.90 Å². The molecule has 2 fully saturated rings. The van der Waals surface area contributed by atoms with Crippen molar-refractivity contribution in [2.24, 2.45) is 0 Å². The lowest BCUT2D eigenvalue weighted by Crippen LogP contribution is -2.48. The standard InChI is InChI=1S/C13H17F3N4O2S/c1-19-3-4-22-9-7-20(6-8(9)19)12(21)18-10(13(14,15)16)11-17-2-5-23-11/h2,5,8-10H,3-4,6-7H2,1H3,(H,18,21)/t8-,9+,10?/m0/s1. The summed E-state index contributed by atoms with van der Waals surface area (Å²) in [5, 5.41) is 3.34. The molecular weight excluding hydrogens is 333 g/mol. The summed E-state index contributed by atoms with van der Waals surface area (Å²) in [4.78, 5) is 19.4. The molecule has 2 aliphatic rings.